The SMILES string of the molecule is CCC(CC)C(=O)N(C)Cc1ccc(F)cc1F. The minimum atomic E-state index is -0.612. The van der Waals surface area contributed by atoms with Crippen LogP contribution in [-0.2, 0) is 11.3 Å². The molecular weight excluding hydrogens is 236 g/mol. The van der Waals surface area contributed by atoms with E-state index in [-0.39, 0.29) is 18.4 Å². The third-order valence-electron chi connectivity index (χ3n) is 3.13. The average molecular weight is 255 g/mol. The van der Waals surface area contributed by atoms with Gasteiger partial charge < -0.3 is 4.90 Å². The van der Waals surface area contributed by atoms with Crippen molar-refractivity contribution in [3.05, 3.63) is 35.4 Å². The molecule has 1 aromatic rings. The number of halogens is 2. The molecule has 0 unspecified atom stereocenters. The van der Waals surface area contributed by atoms with Gasteiger partial charge in [-0.25, -0.2) is 8.78 Å². The lowest BCUT2D eigenvalue weighted by atomic mass is 10.0. The molecule has 1 rings (SSSR count). The topological polar surface area (TPSA) is 20.3 Å². The Balaban J connectivity index is 2.75. The standard InChI is InChI=1S/C14H19F2NO/c1-4-10(5-2)14(18)17(3)9-11-6-7-12(15)8-13(11)16/h6-8,10H,4-5,9H2,1-3H3. The van der Waals surface area contributed by atoms with E-state index >= 15 is 0 Å². The zero-order chi connectivity index (χ0) is 13.7. The molecular formula is C14H19F2NO. The Kier molecular flexibility index (Phi) is 5.25. The molecule has 100 valence electrons. The molecule has 18 heavy (non-hydrogen) atoms. The minimum Gasteiger partial charge on any atom is -0.341 e. The summed E-state index contributed by atoms with van der Waals surface area (Å²) in [5.41, 5.74) is 0.332. The summed E-state index contributed by atoms with van der Waals surface area (Å²) in [4.78, 5) is 13.5. The highest BCUT2D eigenvalue weighted by molar-refractivity contribution is 5.78. The maximum absolute atomic E-state index is 13.5. The fourth-order valence-electron chi connectivity index (χ4n) is 1.93. The van der Waals surface area contributed by atoms with Crippen LogP contribution in [0.2, 0.25) is 0 Å². The average Bonchev–Trinajstić information content (AvgIpc) is 2.34. The van der Waals surface area contributed by atoms with E-state index in [4.69, 9.17) is 0 Å². The lowest BCUT2D eigenvalue weighted by Crippen LogP contribution is -2.32. The van der Waals surface area contributed by atoms with Crippen molar-refractivity contribution in [2.45, 2.75) is 33.2 Å². The molecule has 2 nitrogen and oxygen atoms in total. The Bertz CT molecular complexity index is 416. The molecule has 0 aliphatic carbocycles. The normalized spacial score (nSPS) is 10.8. The number of hydrogen-bond donors (Lipinski definition) is 0. The second kappa shape index (κ2) is 6.47. The molecule has 0 saturated carbocycles. The van der Waals surface area contributed by atoms with Crippen LogP contribution in [0.25, 0.3) is 0 Å². The van der Waals surface area contributed by atoms with Crippen LogP contribution in [0, 0.1) is 17.6 Å². The van der Waals surface area contributed by atoms with Crippen LogP contribution in [0.3, 0.4) is 0 Å². The molecule has 0 N–H and O–H groups in total. The van der Waals surface area contributed by atoms with Gasteiger partial charge in [0.15, 0.2) is 0 Å². The summed E-state index contributed by atoms with van der Waals surface area (Å²) < 4.78 is 26.2. The molecule has 0 spiro atoms. The summed E-state index contributed by atoms with van der Waals surface area (Å²) in [5, 5.41) is 0. The first-order chi connectivity index (χ1) is 8.49. The van der Waals surface area contributed by atoms with Crippen LogP contribution < -0.4 is 0 Å². The second-order valence-corrected chi connectivity index (χ2v) is 4.44. The molecule has 0 radical (unpaired) electrons. The zero-order valence-corrected chi connectivity index (χ0v) is 11.0. The van der Waals surface area contributed by atoms with E-state index in [9.17, 15) is 13.6 Å². The molecule has 0 bridgehead atoms. The van der Waals surface area contributed by atoms with Gasteiger partial charge in [0.1, 0.15) is 11.6 Å². The predicted octanol–water partition coefficient (Wildman–Crippen LogP) is 3.36. The fourth-order valence-corrected chi connectivity index (χ4v) is 1.93. The predicted molar refractivity (Wildman–Crippen MR) is 66.9 cm³/mol. The fraction of sp³-hybridized carbons (Fsp3) is 0.500. The molecule has 0 atom stereocenters. The van der Waals surface area contributed by atoms with Crippen LogP contribution in [0.1, 0.15) is 32.3 Å². The van der Waals surface area contributed by atoms with Crippen molar-refractivity contribution in [3.8, 4) is 0 Å². The van der Waals surface area contributed by atoms with Crippen molar-refractivity contribution >= 4 is 5.91 Å². The van der Waals surface area contributed by atoms with E-state index < -0.39 is 11.6 Å². The summed E-state index contributed by atoms with van der Waals surface area (Å²) >= 11 is 0. The van der Waals surface area contributed by atoms with E-state index in [0.29, 0.717) is 5.56 Å². The van der Waals surface area contributed by atoms with E-state index in [2.05, 4.69) is 0 Å². The maximum atomic E-state index is 13.5. The Hall–Kier alpha value is -1.45. The zero-order valence-electron chi connectivity index (χ0n) is 11.0. The highest BCUT2D eigenvalue weighted by Gasteiger charge is 2.19. The van der Waals surface area contributed by atoms with Crippen LogP contribution in [-0.4, -0.2) is 17.9 Å². The third kappa shape index (κ3) is 3.52. The number of hydrogen-bond acceptors (Lipinski definition) is 1. The lowest BCUT2D eigenvalue weighted by molar-refractivity contribution is -0.135. The van der Waals surface area contributed by atoms with Crippen molar-refractivity contribution in [3.63, 3.8) is 0 Å². The monoisotopic (exact) mass is 255 g/mol. The number of benzene rings is 1. The van der Waals surface area contributed by atoms with Crippen molar-refractivity contribution in [1.82, 2.24) is 4.90 Å². The van der Waals surface area contributed by atoms with Gasteiger partial charge in [-0.05, 0) is 18.9 Å². The minimum absolute atomic E-state index is 0.00345. The quantitative estimate of drug-likeness (QED) is 0.790. The summed E-state index contributed by atoms with van der Waals surface area (Å²) in [6.45, 7) is 4.08. The molecule has 4 heteroatoms. The van der Waals surface area contributed by atoms with E-state index in [1.54, 1.807) is 7.05 Å². The molecule has 0 saturated heterocycles. The van der Waals surface area contributed by atoms with Crippen LogP contribution in [0.4, 0.5) is 8.78 Å². The first-order valence-corrected chi connectivity index (χ1v) is 6.18. The van der Waals surface area contributed by atoms with Crippen molar-refractivity contribution in [1.29, 1.82) is 0 Å². The van der Waals surface area contributed by atoms with Crippen LogP contribution in [0.15, 0.2) is 18.2 Å². The summed E-state index contributed by atoms with van der Waals surface area (Å²) in [6.07, 6.45) is 1.54. The smallest absolute Gasteiger partial charge is 0.225 e. The number of nitrogens with zero attached hydrogens (tertiary/aromatic N) is 1. The number of rotatable bonds is 5. The highest BCUT2D eigenvalue weighted by atomic mass is 19.1. The third-order valence-corrected chi connectivity index (χ3v) is 3.13. The van der Waals surface area contributed by atoms with Crippen molar-refractivity contribution in [2.75, 3.05) is 7.05 Å². The molecule has 1 aromatic carbocycles. The Labute approximate surface area is 107 Å². The summed E-state index contributed by atoms with van der Waals surface area (Å²) in [7, 11) is 1.64. The van der Waals surface area contributed by atoms with Crippen molar-refractivity contribution < 1.29 is 13.6 Å². The number of carbonyl (C=O) groups excluding carboxylic acids is 1. The van der Waals surface area contributed by atoms with E-state index in [1.165, 1.54) is 17.0 Å². The van der Waals surface area contributed by atoms with Gasteiger partial charge in [0.2, 0.25) is 5.91 Å². The summed E-state index contributed by atoms with van der Waals surface area (Å²) in [6, 6.07) is 3.42. The Morgan fingerprint density at radius 1 is 1.28 bits per heavy atom. The highest BCUT2D eigenvalue weighted by Crippen LogP contribution is 2.15. The Morgan fingerprint density at radius 3 is 2.39 bits per heavy atom. The molecule has 0 aromatic heterocycles. The number of carbonyl (C=O) groups is 1. The molecule has 0 fully saturated rings. The first-order valence-electron chi connectivity index (χ1n) is 6.18. The maximum Gasteiger partial charge on any atom is 0.225 e. The van der Waals surface area contributed by atoms with E-state index in [1.807, 2.05) is 13.8 Å². The van der Waals surface area contributed by atoms with Gasteiger partial charge in [-0.1, -0.05) is 19.9 Å². The van der Waals surface area contributed by atoms with Gasteiger partial charge in [0.05, 0.1) is 0 Å². The van der Waals surface area contributed by atoms with Gasteiger partial charge >= 0.3 is 0 Å². The first kappa shape index (κ1) is 14.6. The molecule has 0 aliphatic heterocycles. The van der Waals surface area contributed by atoms with Crippen LogP contribution in [0.5, 0.6) is 0 Å². The van der Waals surface area contributed by atoms with Crippen molar-refractivity contribution in [2.24, 2.45) is 5.92 Å². The second-order valence-electron chi connectivity index (χ2n) is 4.44. The van der Waals surface area contributed by atoms with Gasteiger partial charge in [0.25, 0.3) is 0 Å². The summed E-state index contributed by atoms with van der Waals surface area (Å²) in [5.74, 6) is -1.24. The van der Waals surface area contributed by atoms with Gasteiger partial charge in [-0.2, -0.15) is 0 Å². The molecule has 0 heterocycles. The lowest BCUT2D eigenvalue weighted by Gasteiger charge is -2.22. The van der Waals surface area contributed by atoms with Gasteiger partial charge in [0, 0.05) is 31.1 Å². The largest absolute Gasteiger partial charge is 0.341 e. The van der Waals surface area contributed by atoms with Gasteiger partial charge in [-0.15, -0.1) is 0 Å². The Morgan fingerprint density at radius 2 is 1.89 bits per heavy atom. The van der Waals surface area contributed by atoms with Crippen LogP contribution >= 0.6 is 0 Å². The number of amides is 1. The van der Waals surface area contributed by atoms with E-state index in [0.717, 1.165) is 18.9 Å². The molecule has 1 amide bonds. The van der Waals surface area contributed by atoms with Gasteiger partial charge in [-0.3, -0.25) is 4.79 Å². The molecule has 0 aliphatic rings.